The number of aromatic nitrogens is 3. The lowest BCUT2D eigenvalue weighted by Gasteiger charge is -2.19. The number of rotatable bonds is 5. The largest absolute Gasteiger partial charge is 0.324 e. The minimum absolute atomic E-state index is 0.00302. The van der Waals surface area contributed by atoms with Crippen LogP contribution in [0.3, 0.4) is 0 Å². The average Bonchev–Trinajstić information content (AvgIpc) is 3.28. The van der Waals surface area contributed by atoms with E-state index in [0.29, 0.717) is 25.1 Å². The Hall–Kier alpha value is -2.03. The SMILES string of the molecule is CC(C)n1c([C@@H]2CCN(S(=O)(=O)Cc3ccc(F)cc3Cl)C2)nc2ccncc21. The smallest absolute Gasteiger partial charge is 0.218 e. The van der Waals surface area contributed by atoms with Gasteiger partial charge in [-0.1, -0.05) is 17.7 Å². The van der Waals surface area contributed by atoms with E-state index < -0.39 is 15.8 Å². The number of pyridine rings is 1. The Bertz CT molecular complexity index is 1160. The van der Waals surface area contributed by atoms with Crippen LogP contribution in [0.1, 0.15) is 43.6 Å². The van der Waals surface area contributed by atoms with E-state index in [1.807, 2.05) is 6.07 Å². The Morgan fingerprint density at radius 1 is 1.31 bits per heavy atom. The van der Waals surface area contributed by atoms with Crippen LogP contribution < -0.4 is 0 Å². The highest BCUT2D eigenvalue weighted by molar-refractivity contribution is 7.88. The van der Waals surface area contributed by atoms with Gasteiger partial charge in [-0.3, -0.25) is 4.98 Å². The molecular formula is C20H22ClFN4O2S. The van der Waals surface area contributed by atoms with Crippen LogP contribution in [0.25, 0.3) is 11.0 Å². The van der Waals surface area contributed by atoms with Crippen LogP contribution in [0.5, 0.6) is 0 Å². The summed E-state index contributed by atoms with van der Waals surface area (Å²) in [5.74, 6) is 0.159. The Morgan fingerprint density at radius 3 is 2.83 bits per heavy atom. The third-order valence-corrected chi connectivity index (χ3v) is 7.44. The van der Waals surface area contributed by atoms with Gasteiger partial charge in [-0.05, 0) is 44.0 Å². The first kappa shape index (κ1) is 20.3. The molecule has 0 N–H and O–H groups in total. The summed E-state index contributed by atoms with van der Waals surface area (Å²) in [5.41, 5.74) is 2.22. The van der Waals surface area contributed by atoms with Crippen molar-refractivity contribution < 1.29 is 12.8 Å². The van der Waals surface area contributed by atoms with Crippen molar-refractivity contribution in [2.75, 3.05) is 13.1 Å². The topological polar surface area (TPSA) is 68.1 Å². The molecule has 1 aliphatic heterocycles. The molecule has 4 rings (SSSR count). The number of nitrogens with zero attached hydrogens (tertiary/aromatic N) is 4. The molecule has 0 unspecified atom stereocenters. The van der Waals surface area contributed by atoms with E-state index in [2.05, 4.69) is 23.4 Å². The first-order valence-electron chi connectivity index (χ1n) is 9.50. The van der Waals surface area contributed by atoms with E-state index >= 15 is 0 Å². The lowest BCUT2D eigenvalue weighted by molar-refractivity contribution is 0.465. The summed E-state index contributed by atoms with van der Waals surface area (Å²) < 4.78 is 42.8. The minimum Gasteiger partial charge on any atom is -0.324 e. The molecule has 0 bridgehead atoms. The van der Waals surface area contributed by atoms with Gasteiger partial charge in [-0.15, -0.1) is 0 Å². The van der Waals surface area contributed by atoms with Gasteiger partial charge >= 0.3 is 0 Å². The highest BCUT2D eigenvalue weighted by Crippen LogP contribution is 2.33. The molecule has 3 heterocycles. The summed E-state index contributed by atoms with van der Waals surface area (Å²) in [6.07, 6.45) is 4.20. The number of hydrogen-bond donors (Lipinski definition) is 0. The highest BCUT2D eigenvalue weighted by atomic mass is 35.5. The first-order valence-corrected chi connectivity index (χ1v) is 11.5. The molecule has 1 atom stereocenters. The molecule has 1 fully saturated rings. The summed E-state index contributed by atoms with van der Waals surface area (Å²) in [4.78, 5) is 8.98. The van der Waals surface area contributed by atoms with E-state index in [9.17, 15) is 12.8 Å². The van der Waals surface area contributed by atoms with Gasteiger partial charge in [0.25, 0.3) is 0 Å². The maximum Gasteiger partial charge on any atom is 0.218 e. The molecule has 1 saturated heterocycles. The van der Waals surface area contributed by atoms with Crippen LogP contribution in [-0.4, -0.2) is 40.3 Å². The molecule has 3 aromatic rings. The van der Waals surface area contributed by atoms with Gasteiger partial charge in [-0.2, -0.15) is 0 Å². The van der Waals surface area contributed by atoms with E-state index in [4.69, 9.17) is 16.6 Å². The van der Waals surface area contributed by atoms with Crippen LogP contribution in [0.4, 0.5) is 4.39 Å². The predicted molar refractivity (Wildman–Crippen MR) is 111 cm³/mol. The van der Waals surface area contributed by atoms with Crippen LogP contribution in [0.15, 0.2) is 36.7 Å². The van der Waals surface area contributed by atoms with Crippen molar-refractivity contribution in [2.45, 2.75) is 38.0 Å². The molecule has 0 aliphatic carbocycles. The lowest BCUT2D eigenvalue weighted by atomic mass is 10.1. The van der Waals surface area contributed by atoms with E-state index in [1.54, 1.807) is 12.4 Å². The summed E-state index contributed by atoms with van der Waals surface area (Å²) in [6, 6.07) is 5.84. The van der Waals surface area contributed by atoms with E-state index in [0.717, 1.165) is 22.9 Å². The summed E-state index contributed by atoms with van der Waals surface area (Å²) in [5, 5.41) is 0.124. The second kappa shape index (κ2) is 7.66. The Labute approximate surface area is 174 Å². The molecule has 0 spiro atoms. The maximum atomic E-state index is 13.3. The molecule has 1 aromatic carbocycles. The molecule has 0 radical (unpaired) electrons. The number of imidazole rings is 1. The number of sulfonamides is 1. The van der Waals surface area contributed by atoms with Crippen LogP contribution in [0, 0.1) is 5.82 Å². The van der Waals surface area contributed by atoms with Crippen molar-refractivity contribution in [3.05, 3.63) is 58.9 Å². The Morgan fingerprint density at radius 2 is 2.10 bits per heavy atom. The average molecular weight is 437 g/mol. The van der Waals surface area contributed by atoms with Crippen molar-refractivity contribution >= 4 is 32.7 Å². The fraction of sp³-hybridized carbons (Fsp3) is 0.400. The number of fused-ring (bicyclic) bond motifs is 1. The predicted octanol–water partition coefficient (Wildman–Crippen LogP) is 4.12. The van der Waals surface area contributed by atoms with E-state index in [-0.39, 0.29) is 22.7 Å². The van der Waals surface area contributed by atoms with Gasteiger partial charge < -0.3 is 4.57 Å². The zero-order valence-corrected chi connectivity index (χ0v) is 17.8. The van der Waals surface area contributed by atoms with Gasteiger partial charge in [0.15, 0.2) is 0 Å². The van der Waals surface area contributed by atoms with Crippen molar-refractivity contribution in [1.82, 2.24) is 18.8 Å². The van der Waals surface area contributed by atoms with Gasteiger partial charge in [0.05, 0.1) is 23.0 Å². The third kappa shape index (κ3) is 3.89. The highest BCUT2D eigenvalue weighted by Gasteiger charge is 2.35. The van der Waals surface area contributed by atoms with E-state index in [1.165, 1.54) is 16.4 Å². The van der Waals surface area contributed by atoms with Crippen molar-refractivity contribution in [2.24, 2.45) is 0 Å². The van der Waals surface area contributed by atoms with Crippen molar-refractivity contribution in [3.63, 3.8) is 0 Å². The molecule has 2 aromatic heterocycles. The zero-order chi connectivity index (χ0) is 20.8. The molecule has 0 saturated carbocycles. The second-order valence-electron chi connectivity index (χ2n) is 7.63. The summed E-state index contributed by atoms with van der Waals surface area (Å²) in [6.45, 7) is 4.95. The summed E-state index contributed by atoms with van der Waals surface area (Å²) >= 11 is 6.03. The molecule has 6 nitrogen and oxygen atoms in total. The standard InChI is InChI=1S/C20H22ClFN4O2S/c1-13(2)26-19-10-23-7-5-18(19)24-20(26)14-6-8-25(11-14)29(27,28)12-15-3-4-16(22)9-17(15)21/h3-5,7,9-10,13-14H,6,8,11-12H2,1-2H3/t14-/m1/s1. The lowest BCUT2D eigenvalue weighted by Crippen LogP contribution is -2.30. The fourth-order valence-corrected chi connectivity index (χ4v) is 5.84. The normalized spacial score (nSPS) is 18.2. The first-order chi connectivity index (χ1) is 13.8. The van der Waals surface area contributed by atoms with Crippen LogP contribution in [-0.2, 0) is 15.8 Å². The maximum absolute atomic E-state index is 13.3. The molecule has 154 valence electrons. The number of halogens is 2. The molecule has 0 amide bonds. The van der Waals surface area contributed by atoms with Gasteiger partial charge in [0.2, 0.25) is 10.0 Å². The number of benzene rings is 1. The number of hydrogen-bond acceptors (Lipinski definition) is 4. The Balaban J connectivity index is 1.59. The van der Waals surface area contributed by atoms with Crippen LogP contribution in [0.2, 0.25) is 5.02 Å². The molecule has 9 heteroatoms. The van der Waals surface area contributed by atoms with Crippen LogP contribution >= 0.6 is 11.6 Å². The minimum atomic E-state index is -3.58. The van der Waals surface area contributed by atoms with Gasteiger partial charge in [-0.25, -0.2) is 22.1 Å². The second-order valence-corrected chi connectivity index (χ2v) is 10.0. The van der Waals surface area contributed by atoms with Crippen molar-refractivity contribution in [3.8, 4) is 0 Å². The molecule has 1 aliphatic rings. The summed E-state index contributed by atoms with van der Waals surface area (Å²) in [7, 11) is -3.58. The zero-order valence-electron chi connectivity index (χ0n) is 16.2. The van der Waals surface area contributed by atoms with Crippen molar-refractivity contribution in [1.29, 1.82) is 0 Å². The third-order valence-electron chi connectivity index (χ3n) is 5.30. The monoisotopic (exact) mass is 436 g/mol. The van der Waals surface area contributed by atoms with Gasteiger partial charge in [0, 0.05) is 36.3 Å². The van der Waals surface area contributed by atoms with Gasteiger partial charge in [0.1, 0.15) is 11.6 Å². The molecular weight excluding hydrogens is 415 g/mol. The Kier molecular flexibility index (Phi) is 5.35. The fourth-order valence-electron chi connectivity index (χ4n) is 3.91. The molecule has 29 heavy (non-hydrogen) atoms. The quantitative estimate of drug-likeness (QED) is 0.603.